The van der Waals surface area contributed by atoms with Gasteiger partial charge in [0.15, 0.2) is 0 Å². The van der Waals surface area contributed by atoms with E-state index >= 15 is 0 Å². The van der Waals surface area contributed by atoms with Crippen LogP contribution in [-0.2, 0) is 24.2 Å². The normalized spacial score (nSPS) is 21.5. The van der Waals surface area contributed by atoms with Gasteiger partial charge in [0.1, 0.15) is 5.69 Å². The molecule has 0 bridgehead atoms. The molecule has 2 aromatic heterocycles. The molecule has 6 heteroatoms. The lowest BCUT2D eigenvalue weighted by molar-refractivity contribution is 0.0425. The van der Waals surface area contributed by atoms with Gasteiger partial charge in [0, 0.05) is 32.7 Å². The number of ether oxygens (including phenoxy) is 1. The summed E-state index contributed by atoms with van der Waals surface area (Å²) in [6.07, 6.45) is 3.69. The Balaban J connectivity index is 1.52. The molecule has 0 radical (unpaired) electrons. The van der Waals surface area contributed by atoms with Gasteiger partial charge in [-0.25, -0.2) is 4.68 Å². The lowest BCUT2D eigenvalue weighted by Crippen LogP contribution is -2.38. The standard InChI is InChI=1S/C17H24N4OS/c1-2-21-15-5-7-20(9-14-6-8-23-12-14)16(17(15)18-19-21)11-22-10-13-3-4-13/h6,8,12-13,16H,2-5,7,9-11H2,1H3/t16-/m0/s1. The van der Waals surface area contributed by atoms with E-state index in [1.807, 2.05) is 4.68 Å². The minimum atomic E-state index is 0.234. The summed E-state index contributed by atoms with van der Waals surface area (Å²) >= 11 is 1.76. The molecule has 0 unspecified atom stereocenters. The van der Waals surface area contributed by atoms with Gasteiger partial charge in [-0.2, -0.15) is 11.3 Å². The van der Waals surface area contributed by atoms with Gasteiger partial charge in [-0.05, 0) is 48.1 Å². The Morgan fingerprint density at radius 3 is 3.00 bits per heavy atom. The molecule has 0 saturated heterocycles. The van der Waals surface area contributed by atoms with Gasteiger partial charge < -0.3 is 4.74 Å². The highest BCUT2D eigenvalue weighted by Crippen LogP contribution is 2.32. The zero-order valence-corrected chi connectivity index (χ0v) is 14.5. The third kappa shape index (κ3) is 3.34. The first-order chi connectivity index (χ1) is 11.3. The SMILES string of the molecule is CCn1nnc2c1CCN(Cc1ccsc1)[C@H]2COCC1CC1. The molecule has 124 valence electrons. The van der Waals surface area contributed by atoms with Crippen LogP contribution in [0.5, 0.6) is 0 Å². The monoisotopic (exact) mass is 332 g/mol. The maximum Gasteiger partial charge on any atom is 0.105 e. The van der Waals surface area contributed by atoms with Crippen LogP contribution >= 0.6 is 11.3 Å². The van der Waals surface area contributed by atoms with Crippen molar-refractivity contribution in [2.45, 2.75) is 45.3 Å². The van der Waals surface area contributed by atoms with Crippen molar-refractivity contribution in [3.63, 3.8) is 0 Å². The Bertz CT molecular complexity index is 635. The first-order valence-corrected chi connectivity index (χ1v) is 9.54. The second kappa shape index (κ2) is 6.71. The highest BCUT2D eigenvalue weighted by molar-refractivity contribution is 7.07. The molecule has 1 aliphatic heterocycles. The highest BCUT2D eigenvalue weighted by atomic mass is 32.1. The third-order valence-corrected chi connectivity index (χ3v) is 5.58. The van der Waals surface area contributed by atoms with Crippen LogP contribution < -0.4 is 0 Å². The summed E-state index contributed by atoms with van der Waals surface area (Å²) in [5.41, 5.74) is 3.81. The summed E-state index contributed by atoms with van der Waals surface area (Å²) in [4.78, 5) is 2.51. The maximum atomic E-state index is 6.03. The molecule has 2 aromatic rings. The molecule has 0 spiro atoms. The Hall–Kier alpha value is -1.24. The highest BCUT2D eigenvalue weighted by Gasteiger charge is 2.32. The van der Waals surface area contributed by atoms with Gasteiger partial charge in [0.05, 0.1) is 18.3 Å². The lowest BCUT2D eigenvalue weighted by Gasteiger charge is -2.34. The zero-order chi connectivity index (χ0) is 15.6. The molecule has 4 rings (SSSR count). The molecule has 0 N–H and O–H groups in total. The fraction of sp³-hybridized carbons (Fsp3) is 0.647. The van der Waals surface area contributed by atoms with Gasteiger partial charge in [-0.15, -0.1) is 5.10 Å². The first-order valence-electron chi connectivity index (χ1n) is 8.60. The predicted molar refractivity (Wildman–Crippen MR) is 90.4 cm³/mol. The van der Waals surface area contributed by atoms with E-state index in [4.69, 9.17) is 4.74 Å². The van der Waals surface area contributed by atoms with Gasteiger partial charge >= 0.3 is 0 Å². The van der Waals surface area contributed by atoms with Crippen LogP contribution in [0.25, 0.3) is 0 Å². The average Bonchev–Trinajstić information content (AvgIpc) is 3.08. The lowest BCUT2D eigenvalue weighted by atomic mass is 10.0. The van der Waals surface area contributed by atoms with Crippen molar-refractivity contribution in [1.29, 1.82) is 0 Å². The molecule has 0 aromatic carbocycles. The van der Waals surface area contributed by atoms with Gasteiger partial charge in [0.2, 0.25) is 0 Å². The van der Waals surface area contributed by atoms with Crippen molar-refractivity contribution in [3.05, 3.63) is 33.8 Å². The number of hydrogen-bond acceptors (Lipinski definition) is 5. The fourth-order valence-corrected chi connectivity index (χ4v) is 3.98. The van der Waals surface area contributed by atoms with Crippen LogP contribution in [0.1, 0.15) is 42.8 Å². The van der Waals surface area contributed by atoms with Crippen LogP contribution in [0.3, 0.4) is 0 Å². The molecule has 23 heavy (non-hydrogen) atoms. The van der Waals surface area contributed by atoms with E-state index < -0.39 is 0 Å². The molecular weight excluding hydrogens is 308 g/mol. The summed E-state index contributed by atoms with van der Waals surface area (Å²) < 4.78 is 8.08. The zero-order valence-electron chi connectivity index (χ0n) is 13.6. The van der Waals surface area contributed by atoms with Crippen LogP contribution in [-0.4, -0.2) is 39.7 Å². The van der Waals surface area contributed by atoms with Crippen molar-refractivity contribution < 1.29 is 4.74 Å². The van der Waals surface area contributed by atoms with E-state index in [2.05, 4.69) is 39.0 Å². The van der Waals surface area contributed by atoms with E-state index in [9.17, 15) is 0 Å². The third-order valence-electron chi connectivity index (χ3n) is 4.85. The smallest absolute Gasteiger partial charge is 0.105 e. The largest absolute Gasteiger partial charge is 0.379 e. The van der Waals surface area contributed by atoms with Gasteiger partial charge in [-0.1, -0.05) is 5.21 Å². The number of fused-ring (bicyclic) bond motifs is 1. The Labute approximate surface area is 141 Å². The number of nitrogens with zero attached hydrogens (tertiary/aromatic N) is 4. The first kappa shape index (κ1) is 15.3. The summed E-state index contributed by atoms with van der Waals surface area (Å²) in [5, 5.41) is 13.2. The Morgan fingerprint density at radius 2 is 2.26 bits per heavy atom. The van der Waals surface area contributed by atoms with Crippen LogP contribution in [0.4, 0.5) is 0 Å². The molecule has 1 atom stereocenters. The Kier molecular flexibility index (Phi) is 4.46. The summed E-state index contributed by atoms with van der Waals surface area (Å²) in [6.45, 7) is 6.68. The maximum absolute atomic E-state index is 6.03. The van der Waals surface area contributed by atoms with Gasteiger partial charge in [-0.3, -0.25) is 4.90 Å². The van der Waals surface area contributed by atoms with Crippen LogP contribution in [0.2, 0.25) is 0 Å². The summed E-state index contributed by atoms with van der Waals surface area (Å²) in [5.74, 6) is 0.801. The molecule has 3 heterocycles. The summed E-state index contributed by atoms with van der Waals surface area (Å²) in [6, 6.07) is 2.45. The van der Waals surface area contributed by atoms with E-state index in [1.54, 1.807) is 11.3 Å². The number of rotatable bonds is 7. The molecule has 0 amide bonds. The van der Waals surface area contributed by atoms with Crippen molar-refractivity contribution in [3.8, 4) is 0 Å². The van der Waals surface area contributed by atoms with E-state index in [0.29, 0.717) is 0 Å². The van der Waals surface area contributed by atoms with Crippen molar-refractivity contribution in [1.82, 2.24) is 19.9 Å². The number of aryl methyl sites for hydroxylation is 1. The van der Waals surface area contributed by atoms with Crippen LogP contribution in [0, 0.1) is 5.92 Å². The van der Waals surface area contributed by atoms with Crippen molar-refractivity contribution >= 4 is 11.3 Å². The van der Waals surface area contributed by atoms with E-state index in [-0.39, 0.29) is 6.04 Å². The number of thiophene rings is 1. The quantitative estimate of drug-likeness (QED) is 0.782. The van der Waals surface area contributed by atoms with E-state index in [1.165, 1.54) is 24.1 Å². The molecule has 1 aliphatic carbocycles. The minimum absolute atomic E-state index is 0.234. The second-order valence-electron chi connectivity index (χ2n) is 6.59. The summed E-state index contributed by atoms with van der Waals surface area (Å²) in [7, 11) is 0. The number of aromatic nitrogens is 3. The second-order valence-corrected chi connectivity index (χ2v) is 7.37. The fourth-order valence-electron chi connectivity index (χ4n) is 3.32. The topological polar surface area (TPSA) is 43.2 Å². The molecule has 1 saturated carbocycles. The molecule has 2 aliphatic rings. The van der Waals surface area contributed by atoms with Crippen molar-refractivity contribution in [2.75, 3.05) is 19.8 Å². The minimum Gasteiger partial charge on any atom is -0.379 e. The predicted octanol–water partition coefficient (Wildman–Crippen LogP) is 2.89. The number of hydrogen-bond donors (Lipinski definition) is 0. The van der Waals surface area contributed by atoms with E-state index in [0.717, 1.165) is 50.9 Å². The van der Waals surface area contributed by atoms with Crippen LogP contribution in [0.15, 0.2) is 16.8 Å². The average molecular weight is 332 g/mol. The molecule has 1 fully saturated rings. The van der Waals surface area contributed by atoms with Crippen molar-refractivity contribution in [2.24, 2.45) is 5.92 Å². The molecule has 5 nitrogen and oxygen atoms in total. The Morgan fingerprint density at radius 1 is 1.35 bits per heavy atom. The van der Waals surface area contributed by atoms with Gasteiger partial charge in [0.25, 0.3) is 0 Å². The molecular formula is C17H24N4OS.